The van der Waals surface area contributed by atoms with Gasteiger partial charge in [0.15, 0.2) is 0 Å². The molecule has 0 saturated carbocycles. The van der Waals surface area contributed by atoms with Gasteiger partial charge >= 0.3 is 0 Å². The molecule has 5 heteroatoms. The molecule has 0 radical (unpaired) electrons. The second-order valence-corrected chi connectivity index (χ2v) is 6.03. The standard InChI is InChI=1S/C21H16FN3O/c22-18-10-8-16(9-11-18)21(26)24-19-12-23-25(14-19)13-17-6-3-5-15-4-1-2-7-20(15)17/h1-12,14H,13H2,(H,24,26). The van der Waals surface area contributed by atoms with Crippen LogP contribution in [0.15, 0.2) is 79.1 Å². The first-order chi connectivity index (χ1) is 12.7. The van der Waals surface area contributed by atoms with E-state index in [1.807, 2.05) is 18.2 Å². The van der Waals surface area contributed by atoms with Gasteiger partial charge in [0, 0.05) is 11.8 Å². The minimum atomic E-state index is -0.371. The van der Waals surface area contributed by atoms with Crippen LogP contribution < -0.4 is 5.32 Å². The van der Waals surface area contributed by atoms with Gasteiger partial charge in [-0.3, -0.25) is 9.48 Å². The van der Waals surface area contributed by atoms with E-state index >= 15 is 0 Å². The molecule has 0 unspecified atom stereocenters. The van der Waals surface area contributed by atoms with Crippen molar-refractivity contribution in [2.24, 2.45) is 0 Å². The smallest absolute Gasteiger partial charge is 0.255 e. The summed E-state index contributed by atoms with van der Waals surface area (Å²) in [6.07, 6.45) is 3.38. The fraction of sp³-hybridized carbons (Fsp3) is 0.0476. The number of amides is 1. The number of carbonyl (C=O) groups is 1. The van der Waals surface area contributed by atoms with Gasteiger partial charge in [-0.25, -0.2) is 4.39 Å². The maximum Gasteiger partial charge on any atom is 0.255 e. The summed E-state index contributed by atoms with van der Waals surface area (Å²) in [6, 6.07) is 19.8. The van der Waals surface area contributed by atoms with E-state index in [4.69, 9.17) is 0 Å². The van der Waals surface area contributed by atoms with Crippen molar-refractivity contribution >= 4 is 22.4 Å². The fourth-order valence-corrected chi connectivity index (χ4v) is 2.92. The number of benzene rings is 3. The third-order valence-corrected chi connectivity index (χ3v) is 4.21. The topological polar surface area (TPSA) is 46.9 Å². The second-order valence-electron chi connectivity index (χ2n) is 6.03. The van der Waals surface area contributed by atoms with Gasteiger partial charge in [-0.15, -0.1) is 0 Å². The summed E-state index contributed by atoms with van der Waals surface area (Å²) in [7, 11) is 0. The summed E-state index contributed by atoms with van der Waals surface area (Å²) in [4.78, 5) is 12.2. The lowest BCUT2D eigenvalue weighted by atomic mass is 10.0. The Morgan fingerprint density at radius 1 is 1.00 bits per heavy atom. The lowest BCUT2D eigenvalue weighted by Crippen LogP contribution is -2.11. The molecule has 0 aliphatic carbocycles. The van der Waals surface area contributed by atoms with Gasteiger partial charge in [-0.1, -0.05) is 42.5 Å². The van der Waals surface area contributed by atoms with Crippen molar-refractivity contribution in [2.75, 3.05) is 5.32 Å². The number of carbonyl (C=O) groups excluding carboxylic acids is 1. The predicted molar refractivity (Wildman–Crippen MR) is 99.6 cm³/mol. The highest BCUT2D eigenvalue weighted by molar-refractivity contribution is 6.04. The SMILES string of the molecule is O=C(Nc1cnn(Cc2cccc3ccccc23)c1)c1ccc(F)cc1. The molecular formula is C21H16FN3O. The van der Waals surface area contributed by atoms with Crippen LogP contribution in [0.1, 0.15) is 15.9 Å². The molecule has 1 heterocycles. The van der Waals surface area contributed by atoms with Gasteiger partial charge in [-0.05, 0) is 40.6 Å². The Morgan fingerprint density at radius 3 is 2.62 bits per heavy atom. The first-order valence-corrected chi connectivity index (χ1v) is 8.25. The Bertz CT molecular complexity index is 1060. The molecule has 4 rings (SSSR count). The van der Waals surface area contributed by atoms with Gasteiger partial charge in [0.1, 0.15) is 5.82 Å². The van der Waals surface area contributed by atoms with E-state index in [0.29, 0.717) is 17.8 Å². The van der Waals surface area contributed by atoms with E-state index < -0.39 is 0 Å². The number of hydrogen-bond acceptors (Lipinski definition) is 2. The number of nitrogens with one attached hydrogen (secondary N) is 1. The highest BCUT2D eigenvalue weighted by atomic mass is 19.1. The molecule has 0 atom stereocenters. The molecule has 4 aromatic rings. The summed E-state index contributed by atoms with van der Waals surface area (Å²) in [5.74, 6) is -0.667. The Kier molecular flexibility index (Phi) is 4.19. The number of rotatable bonds is 4. The Labute approximate surface area is 149 Å². The first-order valence-electron chi connectivity index (χ1n) is 8.25. The predicted octanol–water partition coefficient (Wildman–Crippen LogP) is 4.48. The zero-order valence-electron chi connectivity index (χ0n) is 13.9. The third-order valence-electron chi connectivity index (χ3n) is 4.21. The number of fused-ring (bicyclic) bond motifs is 1. The molecule has 0 aliphatic rings. The quantitative estimate of drug-likeness (QED) is 0.593. The van der Waals surface area contributed by atoms with Crippen molar-refractivity contribution in [3.05, 3.63) is 96.1 Å². The zero-order valence-corrected chi connectivity index (χ0v) is 13.9. The summed E-state index contributed by atoms with van der Waals surface area (Å²) in [5.41, 5.74) is 2.15. The molecule has 0 fully saturated rings. The van der Waals surface area contributed by atoms with Gasteiger partial charge in [0.05, 0.1) is 18.4 Å². The summed E-state index contributed by atoms with van der Waals surface area (Å²) >= 11 is 0. The van der Waals surface area contributed by atoms with Crippen molar-refractivity contribution in [3.63, 3.8) is 0 Å². The minimum Gasteiger partial charge on any atom is -0.319 e. The molecule has 4 nitrogen and oxygen atoms in total. The average molecular weight is 345 g/mol. The lowest BCUT2D eigenvalue weighted by molar-refractivity contribution is 0.102. The first kappa shape index (κ1) is 16.0. The van der Waals surface area contributed by atoms with Crippen LogP contribution in [0, 0.1) is 5.82 Å². The van der Waals surface area contributed by atoms with Gasteiger partial charge in [0.25, 0.3) is 5.91 Å². The Hall–Kier alpha value is -3.47. The largest absolute Gasteiger partial charge is 0.319 e. The van der Waals surface area contributed by atoms with Crippen LogP contribution in [0.5, 0.6) is 0 Å². The molecule has 1 aromatic heterocycles. The third kappa shape index (κ3) is 3.32. The highest BCUT2D eigenvalue weighted by Crippen LogP contribution is 2.20. The molecule has 128 valence electrons. The second kappa shape index (κ2) is 6.80. The molecule has 0 aliphatic heterocycles. The van der Waals surface area contributed by atoms with E-state index in [-0.39, 0.29) is 11.7 Å². The Morgan fingerprint density at radius 2 is 1.77 bits per heavy atom. The maximum absolute atomic E-state index is 13.0. The molecular weight excluding hydrogens is 329 g/mol. The molecule has 3 aromatic carbocycles. The molecule has 1 N–H and O–H groups in total. The van der Waals surface area contributed by atoms with E-state index in [1.165, 1.54) is 35.0 Å². The van der Waals surface area contributed by atoms with Crippen molar-refractivity contribution in [1.29, 1.82) is 0 Å². The number of aromatic nitrogens is 2. The molecule has 1 amide bonds. The minimum absolute atomic E-state index is 0.297. The van der Waals surface area contributed by atoms with E-state index in [9.17, 15) is 9.18 Å². The highest BCUT2D eigenvalue weighted by Gasteiger charge is 2.08. The van der Waals surface area contributed by atoms with Gasteiger partial charge in [0.2, 0.25) is 0 Å². The average Bonchev–Trinajstić information content (AvgIpc) is 3.09. The van der Waals surface area contributed by atoms with Crippen LogP contribution in [0.3, 0.4) is 0 Å². The zero-order chi connectivity index (χ0) is 17.9. The van der Waals surface area contributed by atoms with Crippen molar-refractivity contribution < 1.29 is 9.18 Å². The molecule has 0 spiro atoms. The van der Waals surface area contributed by atoms with Gasteiger partial charge < -0.3 is 5.32 Å². The van der Waals surface area contributed by atoms with Crippen molar-refractivity contribution in [2.45, 2.75) is 6.54 Å². The van der Waals surface area contributed by atoms with Crippen LogP contribution in [-0.2, 0) is 6.54 Å². The van der Waals surface area contributed by atoms with Crippen LogP contribution in [0.25, 0.3) is 10.8 Å². The van der Waals surface area contributed by atoms with Crippen molar-refractivity contribution in [3.8, 4) is 0 Å². The number of nitrogens with zero attached hydrogens (tertiary/aromatic N) is 2. The van der Waals surface area contributed by atoms with Gasteiger partial charge in [-0.2, -0.15) is 5.10 Å². The van der Waals surface area contributed by atoms with Crippen LogP contribution in [-0.4, -0.2) is 15.7 Å². The monoisotopic (exact) mass is 345 g/mol. The van der Waals surface area contributed by atoms with Crippen LogP contribution >= 0.6 is 0 Å². The van der Waals surface area contributed by atoms with E-state index in [2.05, 4.69) is 34.7 Å². The van der Waals surface area contributed by atoms with E-state index in [1.54, 1.807) is 17.1 Å². The summed E-state index contributed by atoms with van der Waals surface area (Å²) in [6.45, 7) is 0.605. The van der Waals surface area contributed by atoms with Crippen LogP contribution in [0.4, 0.5) is 10.1 Å². The van der Waals surface area contributed by atoms with Crippen molar-refractivity contribution in [1.82, 2.24) is 9.78 Å². The number of anilines is 1. The summed E-state index contributed by atoms with van der Waals surface area (Å²) in [5, 5.41) is 9.46. The lowest BCUT2D eigenvalue weighted by Gasteiger charge is -2.06. The maximum atomic E-state index is 13.0. The molecule has 26 heavy (non-hydrogen) atoms. The molecule has 0 bridgehead atoms. The molecule has 0 saturated heterocycles. The normalized spacial score (nSPS) is 10.8. The van der Waals surface area contributed by atoms with Crippen LogP contribution in [0.2, 0.25) is 0 Å². The van der Waals surface area contributed by atoms with E-state index in [0.717, 1.165) is 5.56 Å². The Balaban J connectivity index is 1.51. The number of halogens is 1. The number of hydrogen-bond donors (Lipinski definition) is 1. The summed E-state index contributed by atoms with van der Waals surface area (Å²) < 4.78 is 14.7. The fourth-order valence-electron chi connectivity index (χ4n) is 2.92.